The van der Waals surface area contributed by atoms with Gasteiger partial charge in [0.15, 0.2) is 0 Å². The maximum absolute atomic E-state index is 12.2. The standard InChI is InChI=1S/C16H18BrNO4S/c1-21-15-9-4-12(16(10-15)22-2)11-18(23(3,19)20)14-7-5-13(17)6-8-14/h4-10H,11H2,1-3H3. The summed E-state index contributed by atoms with van der Waals surface area (Å²) in [4.78, 5) is 0. The van der Waals surface area contributed by atoms with Gasteiger partial charge in [-0.25, -0.2) is 8.42 Å². The Labute approximate surface area is 145 Å². The van der Waals surface area contributed by atoms with Gasteiger partial charge in [0, 0.05) is 16.1 Å². The molecule has 0 spiro atoms. The van der Waals surface area contributed by atoms with Crippen LogP contribution in [0.15, 0.2) is 46.9 Å². The van der Waals surface area contributed by atoms with Gasteiger partial charge >= 0.3 is 0 Å². The van der Waals surface area contributed by atoms with E-state index in [4.69, 9.17) is 9.47 Å². The zero-order valence-corrected chi connectivity index (χ0v) is 15.5. The zero-order chi connectivity index (χ0) is 17.0. The van der Waals surface area contributed by atoms with Crippen molar-refractivity contribution >= 4 is 31.6 Å². The van der Waals surface area contributed by atoms with Crippen LogP contribution in [0.5, 0.6) is 11.5 Å². The molecule has 124 valence electrons. The Kier molecular flexibility index (Phi) is 5.54. The topological polar surface area (TPSA) is 55.8 Å². The number of methoxy groups -OCH3 is 2. The first-order chi connectivity index (χ1) is 10.8. The minimum atomic E-state index is -3.44. The number of halogens is 1. The minimum Gasteiger partial charge on any atom is -0.497 e. The van der Waals surface area contributed by atoms with E-state index < -0.39 is 10.0 Å². The molecule has 0 fully saturated rings. The SMILES string of the molecule is COc1ccc(CN(c2ccc(Br)cc2)S(C)(=O)=O)c(OC)c1. The van der Waals surface area contributed by atoms with Crippen LogP contribution in [-0.4, -0.2) is 28.9 Å². The summed E-state index contributed by atoms with van der Waals surface area (Å²) in [6.45, 7) is 0.174. The van der Waals surface area contributed by atoms with Crippen molar-refractivity contribution in [2.24, 2.45) is 0 Å². The fraction of sp³-hybridized carbons (Fsp3) is 0.250. The van der Waals surface area contributed by atoms with E-state index >= 15 is 0 Å². The van der Waals surface area contributed by atoms with E-state index in [-0.39, 0.29) is 6.54 Å². The Morgan fingerprint density at radius 2 is 1.70 bits per heavy atom. The van der Waals surface area contributed by atoms with Crippen LogP contribution in [0.4, 0.5) is 5.69 Å². The summed E-state index contributed by atoms with van der Waals surface area (Å²) in [6, 6.07) is 12.4. The summed E-state index contributed by atoms with van der Waals surface area (Å²) in [5.74, 6) is 1.23. The third-order valence-corrected chi connectivity index (χ3v) is 4.99. The van der Waals surface area contributed by atoms with Gasteiger partial charge in [-0.05, 0) is 36.4 Å². The number of anilines is 1. The molecule has 0 bridgehead atoms. The van der Waals surface area contributed by atoms with Crippen molar-refractivity contribution < 1.29 is 17.9 Å². The molecule has 5 nitrogen and oxygen atoms in total. The second-order valence-electron chi connectivity index (χ2n) is 4.92. The van der Waals surface area contributed by atoms with Crippen molar-refractivity contribution in [2.75, 3.05) is 24.8 Å². The van der Waals surface area contributed by atoms with Gasteiger partial charge in [-0.15, -0.1) is 0 Å². The second kappa shape index (κ2) is 7.23. The lowest BCUT2D eigenvalue weighted by Crippen LogP contribution is -2.29. The van der Waals surface area contributed by atoms with Crippen molar-refractivity contribution in [3.05, 3.63) is 52.5 Å². The van der Waals surface area contributed by atoms with Crippen LogP contribution in [0.2, 0.25) is 0 Å². The largest absolute Gasteiger partial charge is 0.497 e. The quantitative estimate of drug-likeness (QED) is 0.746. The van der Waals surface area contributed by atoms with E-state index in [9.17, 15) is 8.42 Å². The lowest BCUT2D eigenvalue weighted by Gasteiger charge is -2.23. The highest BCUT2D eigenvalue weighted by atomic mass is 79.9. The van der Waals surface area contributed by atoms with Gasteiger partial charge in [0.25, 0.3) is 0 Å². The highest BCUT2D eigenvalue weighted by molar-refractivity contribution is 9.10. The maximum atomic E-state index is 12.2. The van der Waals surface area contributed by atoms with Gasteiger partial charge in [-0.3, -0.25) is 4.31 Å². The van der Waals surface area contributed by atoms with E-state index in [1.807, 2.05) is 0 Å². The third kappa shape index (κ3) is 4.39. The lowest BCUT2D eigenvalue weighted by molar-refractivity contribution is 0.391. The number of nitrogens with zero attached hydrogens (tertiary/aromatic N) is 1. The first-order valence-corrected chi connectivity index (χ1v) is 9.43. The Balaban J connectivity index is 2.41. The minimum absolute atomic E-state index is 0.174. The van der Waals surface area contributed by atoms with Crippen LogP contribution in [-0.2, 0) is 16.6 Å². The second-order valence-corrected chi connectivity index (χ2v) is 7.75. The smallest absolute Gasteiger partial charge is 0.232 e. The molecular weight excluding hydrogens is 382 g/mol. The molecule has 0 aromatic heterocycles. The average Bonchev–Trinajstić information content (AvgIpc) is 2.52. The molecular formula is C16H18BrNO4S. The van der Waals surface area contributed by atoms with Crippen LogP contribution in [0, 0.1) is 0 Å². The number of rotatable bonds is 6. The lowest BCUT2D eigenvalue weighted by atomic mass is 10.2. The molecule has 2 rings (SSSR count). The van der Waals surface area contributed by atoms with Crippen LogP contribution < -0.4 is 13.8 Å². The van der Waals surface area contributed by atoms with E-state index in [2.05, 4.69) is 15.9 Å². The van der Waals surface area contributed by atoms with Crippen LogP contribution >= 0.6 is 15.9 Å². The maximum Gasteiger partial charge on any atom is 0.232 e. The van der Waals surface area contributed by atoms with E-state index in [0.717, 1.165) is 10.0 Å². The normalized spacial score (nSPS) is 11.1. The zero-order valence-electron chi connectivity index (χ0n) is 13.1. The van der Waals surface area contributed by atoms with Crippen LogP contribution in [0.1, 0.15) is 5.56 Å². The van der Waals surface area contributed by atoms with Gasteiger partial charge in [-0.1, -0.05) is 15.9 Å². The fourth-order valence-corrected chi connectivity index (χ4v) is 3.29. The van der Waals surface area contributed by atoms with Crippen molar-refractivity contribution in [1.29, 1.82) is 0 Å². The molecule has 23 heavy (non-hydrogen) atoms. The molecule has 0 heterocycles. The highest BCUT2D eigenvalue weighted by Crippen LogP contribution is 2.29. The Bertz CT molecular complexity index is 775. The Morgan fingerprint density at radius 1 is 1.04 bits per heavy atom. The fourth-order valence-electron chi connectivity index (χ4n) is 2.14. The summed E-state index contributed by atoms with van der Waals surface area (Å²) in [7, 11) is -0.326. The first kappa shape index (κ1) is 17.6. The molecule has 0 unspecified atom stereocenters. The van der Waals surface area contributed by atoms with Gasteiger partial charge < -0.3 is 9.47 Å². The predicted molar refractivity (Wildman–Crippen MR) is 94.7 cm³/mol. The molecule has 0 N–H and O–H groups in total. The summed E-state index contributed by atoms with van der Waals surface area (Å²) >= 11 is 3.35. The third-order valence-electron chi connectivity index (χ3n) is 3.32. The van der Waals surface area contributed by atoms with Crippen molar-refractivity contribution in [3.63, 3.8) is 0 Å². The predicted octanol–water partition coefficient (Wildman–Crippen LogP) is 3.43. The number of hydrogen-bond acceptors (Lipinski definition) is 4. The molecule has 0 radical (unpaired) electrons. The van der Waals surface area contributed by atoms with Crippen LogP contribution in [0.25, 0.3) is 0 Å². The molecule has 2 aromatic rings. The monoisotopic (exact) mass is 399 g/mol. The molecule has 0 saturated heterocycles. The van der Waals surface area contributed by atoms with Crippen molar-refractivity contribution in [3.8, 4) is 11.5 Å². The molecule has 2 aromatic carbocycles. The molecule has 0 aliphatic carbocycles. The average molecular weight is 400 g/mol. The molecule has 0 aliphatic rings. The highest BCUT2D eigenvalue weighted by Gasteiger charge is 2.20. The Hall–Kier alpha value is -1.73. The first-order valence-electron chi connectivity index (χ1n) is 6.79. The van der Waals surface area contributed by atoms with Crippen molar-refractivity contribution in [1.82, 2.24) is 0 Å². The Morgan fingerprint density at radius 3 is 2.22 bits per heavy atom. The molecule has 7 heteroatoms. The summed E-state index contributed by atoms with van der Waals surface area (Å²) in [5.41, 5.74) is 1.34. The summed E-state index contributed by atoms with van der Waals surface area (Å²) in [5, 5.41) is 0. The van der Waals surface area contributed by atoms with Gasteiger partial charge in [0.05, 0.1) is 32.7 Å². The van der Waals surface area contributed by atoms with Gasteiger partial charge in [-0.2, -0.15) is 0 Å². The summed E-state index contributed by atoms with van der Waals surface area (Å²) < 4.78 is 37.1. The number of benzene rings is 2. The molecule has 0 saturated carbocycles. The summed E-state index contributed by atoms with van der Waals surface area (Å²) in [6.07, 6.45) is 1.19. The van der Waals surface area contributed by atoms with E-state index in [1.165, 1.54) is 10.6 Å². The van der Waals surface area contributed by atoms with Crippen molar-refractivity contribution in [2.45, 2.75) is 6.54 Å². The van der Waals surface area contributed by atoms with Crippen LogP contribution in [0.3, 0.4) is 0 Å². The van der Waals surface area contributed by atoms with E-state index in [0.29, 0.717) is 17.2 Å². The number of ether oxygens (including phenoxy) is 2. The molecule has 0 atom stereocenters. The van der Waals surface area contributed by atoms with Gasteiger partial charge in [0.1, 0.15) is 11.5 Å². The van der Waals surface area contributed by atoms with Gasteiger partial charge in [0.2, 0.25) is 10.0 Å². The number of sulfonamides is 1. The molecule has 0 amide bonds. The molecule has 0 aliphatic heterocycles. The van der Waals surface area contributed by atoms with E-state index in [1.54, 1.807) is 56.7 Å². The number of hydrogen-bond donors (Lipinski definition) is 0.